The summed E-state index contributed by atoms with van der Waals surface area (Å²) < 4.78 is 0. The highest BCUT2D eigenvalue weighted by Crippen LogP contribution is 2.45. The van der Waals surface area contributed by atoms with E-state index in [4.69, 9.17) is 0 Å². The second-order valence-corrected chi connectivity index (χ2v) is 6.24. The number of nitrogens with one attached hydrogen (secondary N) is 2. The minimum Gasteiger partial charge on any atom is -0.355 e. The number of hydrogen-bond donors (Lipinski definition) is 2. The van der Waals surface area contributed by atoms with E-state index >= 15 is 0 Å². The van der Waals surface area contributed by atoms with Crippen LogP contribution in [0, 0.1) is 5.41 Å². The van der Waals surface area contributed by atoms with Gasteiger partial charge >= 0.3 is 0 Å². The van der Waals surface area contributed by atoms with Gasteiger partial charge in [-0.15, -0.1) is 0 Å². The molecule has 0 atom stereocenters. The lowest BCUT2D eigenvalue weighted by atomic mass is 9.84. The van der Waals surface area contributed by atoms with Crippen LogP contribution in [-0.2, 0) is 10.2 Å². The Morgan fingerprint density at radius 1 is 1.26 bits per heavy atom. The Bertz CT molecular complexity index is 435. The zero-order chi connectivity index (χ0) is 13.9. The largest absolute Gasteiger partial charge is 0.355 e. The number of benzene rings is 1. The highest BCUT2D eigenvalue weighted by molar-refractivity contribution is 5.85. The van der Waals surface area contributed by atoms with E-state index in [0.29, 0.717) is 6.54 Å². The molecule has 0 radical (unpaired) electrons. The molecule has 3 nitrogen and oxygen atoms in total. The summed E-state index contributed by atoms with van der Waals surface area (Å²) in [6.07, 6.45) is 2.01. The second-order valence-electron chi connectivity index (χ2n) is 6.24. The molecular weight excluding hydrogens is 236 g/mol. The molecule has 2 rings (SSSR count). The van der Waals surface area contributed by atoms with Crippen LogP contribution in [-0.4, -0.2) is 26.0 Å². The van der Waals surface area contributed by atoms with Gasteiger partial charge in [0.15, 0.2) is 0 Å². The van der Waals surface area contributed by atoms with Crippen molar-refractivity contribution in [3.8, 4) is 0 Å². The van der Waals surface area contributed by atoms with Crippen molar-refractivity contribution in [3.05, 3.63) is 35.9 Å². The highest BCUT2D eigenvalue weighted by atomic mass is 16.2. The van der Waals surface area contributed by atoms with Crippen molar-refractivity contribution in [2.24, 2.45) is 5.41 Å². The van der Waals surface area contributed by atoms with Crippen LogP contribution in [0.1, 0.15) is 32.3 Å². The molecule has 0 spiro atoms. The Labute approximate surface area is 115 Å². The Hall–Kier alpha value is -1.35. The van der Waals surface area contributed by atoms with E-state index in [2.05, 4.69) is 36.6 Å². The van der Waals surface area contributed by atoms with Gasteiger partial charge in [0.2, 0.25) is 5.91 Å². The molecule has 0 bridgehead atoms. The fourth-order valence-electron chi connectivity index (χ4n) is 2.45. The Morgan fingerprint density at radius 2 is 1.89 bits per heavy atom. The van der Waals surface area contributed by atoms with Crippen LogP contribution in [0.5, 0.6) is 0 Å². The zero-order valence-electron chi connectivity index (χ0n) is 12.1. The molecule has 2 N–H and O–H groups in total. The van der Waals surface area contributed by atoms with Crippen molar-refractivity contribution in [2.75, 3.05) is 20.1 Å². The van der Waals surface area contributed by atoms with Crippen LogP contribution in [0.4, 0.5) is 0 Å². The maximum Gasteiger partial charge on any atom is 0.227 e. The van der Waals surface area contributed by atoms with Crippen molar-refractivity contribution in [3.63, 3.8) is 0 Å². The third kappa shape index (κ3) is 3.16. The van der Waals surface area contributed by atoms with Gasteiger partial charge in [0.25, 0.3) is 0 Å². The number of carbonyl (C=O) groups is 1. The lowest BCUT2D eigenvalue weighted by Crippen LogP contribution is -2.43. The molecule has 104 valence electrons. The molecule has 1 aromatic rings. The Balaban J connectivity index is 1.93. The molecule has 19 heavy (non-hydrogen) atoms. The number of carbonyl (C=O) groups excluding carboxylic acids is 1. The standard InChI is InChI=1S/C16H24N2O/c1-15(2,13-7-5-4-6-8-13)11-18-14(19)16(9-10-16)12-17-3/h4-8,17H,9-12H2,1-3H3,(H,18,19). The summed E-state index contributed by atoms with van der Waals surface area (Å²) in [5.41, 5.74) is 1.09. The molecule has 1 amide bonds. The lowest BCUT2D eigenvalue weighted by Gasteiger charge is -2.27. The van der Waals surface area contributed by atoms with Gasteiger partial charge in [0, 0.05) is 18.5 Å². The van der Waals surface area contributed by atoms with Gasteiger partial charge < -0.3 is 10.6 Å². The van der Waals surface area contributed by atoms with Gasteiger partial charge in [0.1, 0.15) is 0 Å². The first-order valence-corrected chi connectivity index (χ1v) is 6.99. The average Bonchev–Trinajstić information content (AvgIpc) is 3.18. The lowest BCUT2D eigenvalue weighted by molar-refractivity contribution is -0.126. The monoisotopic (exact) mass is 260 g/mol. The summed E-state index contributed by atoms with van der Waals surface area (Å²) in [6.45, 7) is 5.80. The summed E-state index contributed by atoms with van der Waals surface area (Å²) in [6, 6.07) is 10.3. The van der Waals surface area contributed by atoms with E-state index in [0.717, 1.165) is 19.4 Å². The van der Waals surface area contributed by atoms with Crippen molar-refractivity contribution >= 4 is 5.91 Å². The predicted molar refractivity (Wildman–Crippen MR) is 78.1 cm³/mol. The van der Waals surface area contributed by atoms with Crippen molar-refractivity contribution in [1.29, 1.82) is 0 Å². The van der Waals surface area contributed by atoms with E-state index in [9.17, 15) is 4.79 Å². The fourth-order valence-corrected chi connectivity index (χ4v) is 2.45. The van der Waals surface area contributed by atoms with E-state index in [1.807, 2.05) is 25.2 Å². The topological polar surface area (TPSA) is 41.1 Å². The van der Waals surface area contributed by atoms with Gasteiger partial charge in [-0.2, -0.15) is 0 Å². The summed E-state index contributed by atoms with van der Waals surface area (Å²) in [4.78, 5) is 12.2. The fraction of sp³-hybridized carbons (Fsp3) is 0.562. The quantitative estimate of drug-likeness (QED) is 0.822. The van der Waals surface area contributed by atoms with Crippen molar-refractivity contribution < 1.29 is 4.79 Å². The normalized spacial score (nSPS) is 17.0. The molecule has 0 heterocycles. The SMILES string of the molecule is CNCC1(C(=O)NCC(C)(C)c2ccccc2)CC1. The minimum absolute atomic E-state index is 0.0351. The summed E-state index contributed by atoms with van der Waals surface area (Å²) in [5, 5.41) is 6.25. The van der Waals surface area contributed by atoms with Crippen LogP contribution in [0.15, 0.2) is 30.3 Å². The summed E-state index contributed by atoms with van der Waals surface area (Å²) in [5.74, 6) is 0.200. The first-order valence-electron chi connectivity index (χ1n) is 6.99. The molecule has 0 aliphatic heterocycles. The van der Waals surface area contributed by atoms with Gasteiger partial charge in [-0.1, -0.05) is 44.2 Å². The molecule has 1 aliphatic rings. The van der Waals surface area contributed by atoms with Crippen LogP contribution in [0.3, 0.4) is 0 Å². The van der Waals surface area contributed by atoms with Gasteiger partial charge in [0.05, 0.1) is 5.41 Å². The number of rotatable bonds is 6. The van der Waals surface area contributed by atoms with E-state index < -0.39 is 0 Å². The molecule has 1 aliphatic carbocycles. The van der Waals surface area contributed by atoms with Gasteiger partial charge in [-0.25, -0.2) is 0 Å². The maximum atomic E-state index is 12.2. The Morgan fingerprint density at radius 3 is 2.42 bits per heavy atom. The zero-order valence-corrected chi connectivity index (χ0v) is 12.1. The molecule has 0 saturated heterocycles. The van der Waals surface area contributed by atoms with Gasteiger partial charge in [-0.3, -0.25) is 4.79 Å². The van der Waals surface area contributed by atoms with Crippen molar-refractivity contribution in [2.45, 2.75) is 32.1 Å². The smallest absolute Gasteiger partial charge is 0.227 e. The van der Waals surface area contributed by atoms with E-state index in [-0.39, 0.29) is 16.7 Å². The molecule has 0 unspecified atom stereocenters. The third-order valence-electron chi connectivity index (χ3n) is 4.10. The first kappa shape index (κ1) is 14.1. The van der Waals surface area contributed by atoms with Crippen molar-refractivity contribution in [1.82, 2.24) is 10.6 Å². The second kappa shape index (κ2) is 5.33. The van der Waals surface area contributed by atoms with Crippen LogP contribution < -0.4 is 10.6 Å². The minimum atomic E-state index is -0.137. The molecule has 1 aromatic carbocycles. The maximum absolute atomic E-state index is 12.2. The Kier molecular flexibility index (Phi) is 3.95. The van der Waals surface area contributed by atoms with Crippen LogP contribution >= 0.6 is 0 Å². The molecular formula is C16H24N2O. The molecule has 0 aromatic heterocycles. The van der Waals surface area contributed by atoms with Crippen LogP contribution in [0.25, 0.3) is 0 Å². The third-order valence-corrected chi connectivity index (χ3v) is 4.10. The van der Waals surface area contributed by atoms with E-state index in [1.54, 1.807) is 0 Å². The summed E-state index contributed by atoms with van der Waals surface area (Å²) in [7, 11) is 1.90. The predicted octanol–water partition coefficient (Wildman–Crippen LogP) is 2.08. The molecule has 1 saturated carbocycles. The highest BCUT2D eigenvalue weighted by Gasteiger charge is 2.49. The first-order chi connectivity index (χ1) is 9.00. The molecule has 3 heteroatoms. The number of hydrogen-bond acceptors (Lipinski definition) is 2. The van der Waals surface area contributed by atoms with Gasteiger partial charge in [-0.05, 0) is 25.5 Å². The summed E-state index contributed by atoms with van der Waals surface area (Å²) >= 11 is 0. The molecule has 1 fully saturated rings. The number of amides is 1. The average molecular weight is 260 g/mol. The van der Waals surface area contributed by atoms with Crippen LogP contribution in [0.2, 0.25) is 0 Å². The van der Waals surface area contributed by atoms with E-state index in [1.165, 1.54) is 5.56 Å².